The third kappa shape index (κ3) is 2.18. The van der Waals surface area contributed by atoms with Gasteiger partial charge in [0, 0.05) is 31.9 Å². The lowest BCUT2D eigenvalue weighted by atomic mass is 10.2. The zero-order chi connectivity index (χ0) is 14.1. The molecule has 3 heterocycles. The topological polar surface area (TPSA) is 38.9 Å². The number of aryl methyl sites for hydroxylation is 3. The van der Waals surface area contributed by atoms with Gasteiger partial charge in [-0.1, -0.05) is 0 Å². The number of hydrogen-bond acceptors (Lipinski definition) is 3. The summed E-state index contributed by atoms with van der Waals surface area (Å²) in [6.07, 6.45) is 4.62. The summed E-state index contributed by atoms with van der Waals surface area (Å²) in [5, 5.41) is 7.01. The van der Waals surface area contributed by atoms with Gasteiger partial charge in [0.1, 0.15) is 11.3 Å². The maximum Gasteiger partial charge on any atom is 0.178 e. The molecule has 1 fully saturated rings. The zero-order valence-corrected chi connectivity index (χ0v) is 13.0. The molecule has 1 saturated heterocycles. The number of alkyl halides is 1. The average Bonchev–Trinajstić information content (AvgIpc) is 2.98. The predicted molar refractivity (Wildman–Crippen MR) is 82.2 cm³/mol. The Hall–Kier alpha value is -1.23. The molecule has 0 radical (unpaired) electrons. The minimum absolute atomic E-state index is 0.603. The minimum atomic E-state index is 0.603. The van der Waals surface area contributed by atoms with Crippen molar-refractivity contribution in [1.29, 1.82) is 0 Å². The summed E-state index contributed by atoms with van der Waals surface area (Å²) in [4.78, 5) is 4.80. The van der Waals surface area contributed by atoms with Crippen molar-refractivity contribution in [3.8, 4) is 0 Å². The molecule has 0 amide bonds. The maximum absolute atomic E-state index is 5.96. The van der Waals surface area contributed by atoms with E-state index in [0.717, 1.165) is 48.7 Å². The molecule has 1 aliphatic heterocycles. The number of aromatic nitrogens is 4. The summed E-state index contributed by atoms with van der Waals surface area (Å²) in [5.41, 5.74) is 3.16. The Morgan fingerprint density at radius 2 is 1.95 bits per heavy atom. The number of hydrogen-bond donors (Lipinski definition) is 0. The van der Waals surface area contributed by atoms with Crippen LogP contribution in [0.5, 0.6) is 0 Å². The third-order valence-corrected chi connectivity index (χ3v) is 4.18. The van der Waals surface area contributed by atoms with Gasteiger partial charge in [0.05, 0.1) is 5.69 Å². The lowest BCUT2D eigenvalue weighted by Crippen LogP contribution is -2.40. The Balaban J connectivity index is 2.15. The largest absolute Gasteiger partial charge is 0.310 e. The lowest BCUT2D eigenvalue weighted by Gasteiger charge is -2.31. The van der Waals surface area contributed by atoms with Crippen LogP contribution in [-0.4, -0.2) is 38.4 Å². The van der Waals surface area contributed by atoms with E-state index < -0.39 is 0 Å². The summed E-state index contributed by atoms with van der Waals surface area (Å²) in [5.74, 6) is 1.67. The van der Waals surface area contributed by atoms with Crippen molar-refractivity contribution < 1.29 is 0 Å². The molecule has 0 bridgehead atoms. The van der Waals surface area contributed by atoms with Crippen LogP contribution in [0.1, 0.15) is 37.7 Å². The summed E-state index contributed by atoms with van der Waals surface area (Å²) in [7, 11) is 0. The van der Waals surface area contributed by atoms with Crippen LogP contribution in [0.25, 0.3) is 11.2 Å². The summed E-state index contributed by atoms with van der Waals surface area (Å²) >= 11 is 5.96. The molecule has 0 aromatic carbocycles. The normalized spacial score (nSPS) is 16.2. The van der Waals surface area contributed by atoms with E-state index in [1.165, 1.54) is 19.3 Å². The highest BCUT2D eigenvalue weighted by Gasteiger charge is 2.22. The van der Waals surface area contributed by atoms with Gasteiger partial charge in [0.15, 0.2) is 5.65 Å². The molecular weight excluding hydrogens is 274 g/mol. The van der Waals surface area contributed by atoms with Gasteiger partial charge >= 0.3 is 0 Å². The number of piperidine rings is 1. The van der Waals surface area contributed by atoms with Crippen LogP contribution < -0.4 is 5.01 Å². The zero-order valence-electron chi connectivity index (χ0n) is 12.3. The summed E-state index contributed by atoms with van der Waals surface area (Å²) in [6, 6.07) is 0. The van der Waals surface area contributed by atoms with Crippen LogP contribution in [0.3, 0.4) is 0 Å². The van der Waals surface area contributed by atoms with E-state index in [9.17, 15) is 0 Å². The lowest BCUT2D eigenvalue weighted by molar-refractivity contribution is 0.468. The molecule has 0 aliphatic carbocycles. The fraction of sp³-hybridized carbons (Fsp3) is 0.714. The molecule has 0 spiro atoms. The molecule has 2 aromatic heterocycles. The molecule has 20 heavy (non-hydrogen) atoms. The molecule has 0 N–H and O–H groups in total. The Bertz CT molecular complexity index is 594. The van der Waals surface area contributed by atoms with Gasteiger partial charge in [-0.05, 0) is 33.1 Å². The number of fused-ring (bicyclic) bond motifs is 1. The van der Waals surface area contributed by atoms with Crippen LogP contribution >= 0.6 is 11.6 Å². The Kier molecular flexibility index (Phi) is 3.87. The fourth-order valence-corrected chi connectivity index (χ4v) is 3.21. The van der Waals surface area contributed by atoms with Gasteiger partial charge < -0.3 is 5.01 Å². The van der Waals surface area contributed by atoms with E-state index in [0.29, 0.717) is 5.88 Å². The molecule has 3 rings (SSSR count). The van der Waals surface area contributed by atoms with Crippen LogP contribution in [0.2, 0.25) is 0 Å². The first-order valence-electron chi connectivity index (χ1n) is 7.52. The number of halogens is 1. The first-order valence-corrected chi connectivity index (χ1v) is 8.05. The molecule has 110 valence electrons. The standard InChI is InChI=1S/C14H22ClN5/c1-3-19-14-13(11(2)17-19)16-12(7-8-15)20(14)18-9-5-4-6-10-18/h3-10H2,1-2H3. The summed E-state index contributed by atoms with van der Waals surface area (Å²) in [6.45, 7) is 7.21. The van der Waals surface area contributed by atoms with Crippen molar-refractivity contribution in [1.82, 2.24) is 19.4 Å². The van der Waals surface area contributed by atoms with Crippen molar-refractivity contribution in [3.63, 3.8) is 0 Å². The molecule has 1 aliphatic rings. The highest BCUT2D eigenvalue weighted by molar-refractivity contribution is 6.17. The monoisotopic (exact) mass is 295 g/mol. The number of imidazole rings is 1. The second-order valence-corrected chi connectivity index (χ2v) is 5.74. The highest BCUT2D eigenvalue weighted by Crippen LogP contribution is 2.22. The van der Waals surface area contributed by atoms with Gasteiger partial charge in [-0.25, -0.2) is 14.3 Å². The molecule has 0 atom stereocenters. The van der Waals surface area contributed by atoms with Crippen molar-refractivity contribution in [2.45, 2.75) is 46.1 Å². The smallest absolute Gasteiger partial charge is 0.178 e. The SMILES string of the molecule is CCn1nc(C)c2nc(CCCl)n(N3CCCCC3)c21. The van der Waals surface area contributed by atoms with E-state index >= 15 is 0 Å². The average molecular weight is 296 g/mol. The molecule has 6 heteroatoms. The second-order valence-electron chi connectivity index (χ2n) is 5.37. The number of nitrogens with zero attached hydrogens (tertiary/aromatic N) is 5. The van der Waals surface area contributed by atoms with Crippen molar-refractivity contribution in [3.05, 3.63) is 11.5 Å². The molecule has 0 saturated carbocycles. The molecule has 2 aromatic rings. The van der Waals surface area contributed by atoms with E-state index in [1.54, 1.807) is 0 Å². The van der Waals surface area contributed by atoms with Gasteiger partial charge in [-0.15, -0.1) is 11.6 Å². The third-order valence-electron chi connectivity index (χ3n) is 3.99. The Labute approximate surface area is 124 Å². The van der Waals surface area contributed by atoms with Crippen molar-refractivity contribution in [2.75, 3.05) is 24.0 Å². The van der Waals surface area contributed by atoms with Crippen LogP contribution in [0, 0.1) is 6.92 Å². The Morgan fingerprint density at radius 1 is 1.20 bits per heavy atom. The Morgan fingerprint density at radius 3 is 2.60 bits per heavy atom. The van der Waals surface area contributed by atoms with Gasteiger partial charge in [-0.2, -0.15) is 5.10 Å². The first kappa shape index (κ1) is 13.7. The quantitative estimate of drug-likeness (QED) is 0.814. The molecule has 0 unspecified atom stereocenters. The van der Waals surface area contributed by atoms with Gasteiger partial charge in [-0.3, -0.25) is 0 Å². The molecule has 5 nitrogen and oxygen atoms in total. The second kappa shape index (κ2) is 5.64. The van der Waals surface area contributed by atoms with Gasteiger partial charge in [0.2, 0.25) is 0 Å². The van der Waals surface area contributed by atoms with Gasteiger partial charge in [0.25, 0.3) is 0 Å². The van der Waals surface area contributed by atoms with Crippen molar-refractivity contribution >= 4 is 22.8 Å². The van der Waals surface area contributed by atoms with Crippen LogP contribution in [-0.2, 0) is 13.0 Å². The maximum atomic E-state index is 5.96. The predicted octanol–water partition coefficient (Wildman–Crippen LogP) is 2.46. The van der Waals surface area contributed by atoms with E-state index in [2.05, 4.69) is 26.4 Å². The van der Waals surface area contributed by atoms with E-state index in [1.807, 2.05) is 6.92 Å². The van der Waals surface area contributed by atoms with E-state index in [-0.39, 0.29) is 0 Å². The highest BCUT2D eigenvalue weighted by atomic mass is 35.5. The molecular formula is C14H22ClN5. The number of rotatable bonds is 4. The minimum Gasteiger partial charge on any atom is -0.310 e. The van der Waals surface area contributed by atoms with Crippen LogP contribution in [0.4, 0.5) is 0 Å². The van der Waals surface area contributed by atoms with Crippen LogP contribution in [0.15, 0.2) is 0 Å². The first-order chi connectivity index (χ1) is 9.76. The summed E-state index contributed by atoms with van der Waals surface area (Å²) < 4.78 is 4.34. The van der Waals surface area contributed by atoms with Crippen molar-refractivity contribution in [2.24, 2.45) is 0 Å². The van der Waals surface area contributed by atoms with E-state index in [4.69, 9.17) is 16.6 Å². The fourth-order valence-electron chi connectivity index (χ4n) is 3.04.